The minimum absolute atomic E-state index is 0.0705. The first-order chi connectivity index (χ1) is 25.4. The van der Waals surface area contributed by atoms with Crippen molar-refractivity contribution in [2.75, 3.05) is 19.8 Å². The van der Waals surface area contributed by atoms with Gasteiger partial charge in [-0.25, -0.2) is 4.57 Å². The first-order valence-electron chi connectivity index (χ1n) is 21.3. The molecule has 0 aliphatic heterocycles. The molecule has 5 N–H and O–H groups in total. The number of rotatable bonds is 39. The van der Waals surface area contributed by atoms with Crippen molar-refractivity contribution in [3.05, 3.63) is 48.6 Å². The molecule has 0 aromatic carbocycles. The van der Waals surface area contributed by atoms with Gasteiger partial charge in [0.15, 0.2) is 0 Å². The fourth-order valence-corrected chi connectivity index (χ4v) is 6.69. The number of carbonyl (C=O) groups excluding carboxylic acids is 1. The summed E-state index contributed by atoms with van der Waals surface area (Å²) in [6, 6.07) is -0.882. The number of carbonyl (C=O) groups is 1. The minimum atomic E-state index is -4.34. The predicted molar refractivity (Wildman–Crippen MR) is 221 cm³/mol. The Labute approximate surface area is 320 Å². The number of phosphoric acid groups is 1. The second kappa shape index (κ2) is 39.2. The number of amides is 1. The average Bonchev–Trinajstić information content (AvgIpc) is 3.13. The lowest BCUT2D eigenvalue weighted by Gasteiger charge is -2.23. The summed E-state index contributed by atoms with van der Waals surface area (Å²) in [5.74, 6) is -0.212. The minimum Gasteiger partial charge on any atom is -0.387 e. The van der Waals surface area contributed by atoms with Gasteiger partial charge >= 0.3 is 7.82 Å². The molecule has 52 heavy (non-hydrogen) atoms. The molecule has 0 rings (SSSR count). The molecule has 0 aromatic heterocycles. The largest absolute Gasteiger partial charge is 0.472 e. The molecule has 9 heteroatoms. The first-order valence-corrected chi connectivity index (χ1v) is 22.8. The molecule has 3 atom stereocenters. The van der Waals surface area contributed by atoms with Gasteiger partial charge in [0.2, 0.25) is 5.91 Å². The Morgan fingerprint density at radius 1 is 0.635 bits per heavy atom. The fourth-order valence-electron chi connectivity index (χ4n) is 5.93. The van der Waals surface area contributed by atoms with Crippen LogP contribution in [0.1, 0.15) is 187 Å². The van der Waals surface area contributed by atoms with E-state index in [1.165, 1.54) is 116 Å². The Bertz CT molecular complexity index is 954. The molecule has 0 radical (unpaired) electrons. The summed E-state index contributed by atoms with van der Waals surface area (Å²) in [6.07, 6.45) is 47.6. The standard InChI is InChI=1S/C43H81N2O6P/c1-3-5-7-9-11-13-15-16-17-18-19-20-21-22-23-24-25-26-27-29-31-33-35-37-43(47)45-41(40-51-52(48,49)50-39-38-44)42(46)36-34-32-30-28-14-12-10-8-6-4-2/h6,8,14,18-19,28,34,36,41-42,46H,3-5,7,9-13,15-17,20-27,29-33,35,37-40,44H2,1-2H3,(H,45,47)(H,48,49)/b8-6+,19-18-,28-14+,36-34+. The lowest BCUT2D eigenvalue weighted by molar-refractivity contribution is -0.123. The van der Waals surface area contributed by atoms with E-state index in [2.05, 4.69) is 55.6 Å². The summed E-state index contributed by atoms with van der Waals surface area (Å²) >= 11 is 0. The number of aliphatic hydroxyl groups excluding tert-OH is 1. The van der Waals surface area contributed by atoms with Crippen molar-refractivity contribution in [3.8, 4) is 0 Å². The summed E-state index contributed by atoms with van der Waals surface area (Å²) in [7, 11) is -4.34. The van der Waals surface area contributed by atoms with E-state index in [0.29, 0.717) is 6.42 Å². The van der Waals surface area contributed by atoms with E-state index in [4.69, 9.17) is 14.8 Å². The molecular formula is C43H81N2O6P. The molecule has 0 bridgehead atoms. The highest BCUT2D eigenvalue weighted by Gasteiger charge is 2.26. The van der Waals surface area contributed by atoms with E-state index in [1.807, 2.05) is 6.08 Å². The van der Waals surface area contributed by atoms with Crippen molar-refractivity contribution in [1.82, 2.24) is 5.32 Å². The van der Waals surface area contributed by atoms with Crippen molar-refractivity contribution in [1.29, 1.82) is 0 Å². The third kappa shape index (κ3) is 36.8. The summed E-state index contributed by atoms with van der Waals surface area (Å²) < 4.78 is 22.0. The predicted octanol–water partition coefficient (Wildman–Crippen LogP) is 11.7. The van der Waals surface area contributed by atoms with Gasteiger partial charge in [-0.05, 0) is 64.2 Å². The van der Waals surface area contributed by atoms with Crippen LogP contribution in [0.3, 0.4) is 0 Å². The number of hydrogen-bond donors (Lipinski definition) is 4. The van der Waals surface area contributed by atoms with Crippen molar-refractivity contribution in [2.24, 2.45) is 5.73 Å². The Kier molecular flexibility index (Phi) is 38.0. The molecule has 304 valence electrons. The van der Waals surface area contributed by atoms with Crippen LogP contribution in [0.4, 0.5) is 0 Å². The van der Waals surface area contributed by atoms with E-state index < -0.39 is 20.0 Å². The first kappa shape index (κ1) is 50.5. The third-order valence-corrected chi connectivity index (χ3v) is 10.1. The van der Waals surface area contributed by atoms with Crippen molar-refractivity contribution in [3.63, 3.8) is 0 Å². The molecule has 0 saturated heterocycles. The Balaban J connectivity index is 4.09. The van der Waals surface area contributed by atoms with Gasteiger partial charge in [-0.1, -0.05) is 165 Å². The molecule has 0 aliphatic carbocycles. The molecule has 3 unspecified atom stereocenters. The zero-order valence-corrected chi connectivity index (χ0v) is 34.4. The van der Waals surface area contributed by atoms with Crippen LogP contribution in [0.25, 0.3) is 0 Å². The molecule has 0 aromatic rings. The van der Waals surface area contributed by atoms with Crippen LogP contribution in [0.15, 0.2) is 48.6 Å². The molecule has 0 saturated carbocycles. The summed E-state index contributed by atoms with van der Waals surface area (Å²) in [6.45, 7) is 3.97. The number of allylic oxidation sites excluding steroid dienone is 7. The summed E-state index contributed by atoms with van der Waals surface area (Å²) in [5.41, 5.74) is 5.35. The zero-order chi connectivity index (χ0) is 38.2. The van der Waals surface area contributed by atoms with E-state index >= 15 is 0 Å². The molecule has 8 nitrogen and oxygen atoms in total. The number of unbranched alkanes of at least 4 members (excludes halogenated alkanes) is 21. The summed E-state index contributed by atoms with van der Waals surface area (Å²) in [5, 5.41) is 13.6. The van der Waals surface area contributed by atoms with E-state index in [0.717, 1.165) is 51.4 Å². The Hall–Kier alpha value is -1.54. The highest BCUT2D eigenvalue weighted by atomic mass is 31.2. The lowest BCUT2D eigenvalue weighted by atomic mass is 10.0. The van der Waals surface area contributed by atoms with Crippen LogP contribution in [0.2, 0.25) is 0 Å². The number of aliphatic hydroxyl groups is 1. The number of hydrogen-bond acceptors (Lipinski definition) is 6. The normalized spacial score (nSPS) is 14.6. The maximum Gasteiger partial charge on any atom is 0.472 e. The van der Waals surface area contributed by atoms with Crippen molar-refractivity contribution in [2.45, 2.75) is 199 Å². The van der Waals surface area contributed by atoms with E-state index in [9.17, 15) is 19.4 Å². The monoisotopic (exact) mass is 753 g/mol. The SMILES string of the molecule is CC/C=C/CC/C=C/CC/C=C/C(O)C(COP(=O)(O)OCCN)NC(=O)CCCCCCCCCCCCC/C=C\CCCCCCCCCC. The molecule has 0 heterocycles. The smallest absolute Gasteiger partial charge is 0.387 e. The van der Waals surface area contributed by atoms with Gasteiger partial charge < -0.3 is 21.1 Å². The number of nitrogens with one attached hydrogen (secondary N) is 1. The second-order valence-electron chi connectivity index (χ2n) is 14.1. The maximum atomic E-state index is 12.7. The third-order valence-electron chi connectivity index (χ3n) is 9.12. The van der Waals surface area contributed by atoms with Crippen LogP contribution in [-0.4, -0.2) is 47.8 Å². The Morgan fingerprint density at radius 3 is 1.58 bits per heavy atom. The van der Waals surface area contributed by atoms with Crippen LogP contribution < -0.4 is 11.1 Å². The van der Waals surface area contributed by atoms with Crippen LogP contribution >= 0.6 is 7.82 Å². The van der Waals surface area contributed by atoms with Crippen molar-refractivity contribution >= 4 is 13.7 Å². The van der Waals surface area contributed by atoms with Gasteiger partial charge in [0.05, 0.1) is 25.4 Å². The van der Waals surface area contributed by atoms with Gasteiger partial charge in [0, 0.05) is 13.0 Å². The lowest BCUT2D eigenvalue weighted by Crippen LogP contribution is -2.45. The quantitative estimate of drug-likeness (QED) is 0.0279. The number of phosphoric ester groups is 1. The van der Waals surface area contributed by atoms with E-state index in [1.54, 1.807) is 6.08 Å². The fraction of sp³-hybridized carbons (Fsp3) is 0.791. The second-order valence-corrected chi connectivity index (χ2v) is 15.6. The van der Waals surface area contributed by atoms with Gasteiger partial charge in [0.1, 0.15) is 0 Å². The maximum absolute atomic E-state index is 12.7. The van der Waals surface area contributed by atoms with Crippen LogP contribution in [-0.2, 0) is 18.4 Å². The van der Waals surface area contributed by atoms with Gasteiger partial charge in [0.25, 0.3) is 0 Å². The van der Waals surface area contributed by atoms with Crippen molar-refractivity contribution < 1.29 is 28.4 Å². The molecule has 1 amide bonds. The molecular weight excluding hydrogens is 671 g/mol. The zero-order valence-electron chi connectivity index (χ0n) is 33.5. The highest BCUT2D eigenvalue weighted by Crippen LogP contribution is 2.43. The molecule has 0 spiro atoms. The highest BCUT2D eigenvalue weighted by molar-refractivity contribution is 7.47. The van der Waals surface area contributed by atoms with Gasteiger partial charge in [-0.15, -0.1) is 0 Å². The molecule has 0 fully saturated rings. The van der Waals surface area contributed by atoms with E-state index in [-0.39, 0.29) is 25.7 Å². The average molecular weight is 753 g/mol. The topological polar surface area (TPSA) is 131 Å². The Morgan fingerprint density at radius 2 is 1.08 bits per heavy atom. The molecule has 0 aliphatic rings. The van der Waals surface area contributed by atoms with Crippen LogP contribution in [0, 0.1) is 0 Å². The summed E-state index contributed by atoms with van der Waals surface area (Å²) in [4.78, 5) is 22.6. The van der Waals surface area contributed by atoms with Crippen LogP contribution in [0.5, 0.6) is 0 Å². The van der Waals surface area contributed by atoms with Gasteiger partial charge in [-0.3, -0.25) is 13.8 Å². The van der Waals surface area contributed by atoms with Gasteiger partial charge in [-0.2, -0.15) is 0 Å². The number of nitrogens with two attached hydrogens (primary N) is 1.